The van der Waals surface area contributed by atoms with Crippen molar-refractivity contribution in [2.45, 2.75) is 26.4 Å². The minimum absolute atomic E-state index is 0.0891. The number of benzene rings is 1. The number of para-hydroxylation sites is 1. The van der Waals surface area contributed by atoms with E-state index in [2.05, 4.69) is 4.98 Å². The highest BCUT2D eigenvalue weighted by atomic mass is 35.5. The SMILES string of the molecule is CCc1nc2c(Cl)cc(C(F)(F)F)cn2c1C(=O)N(CC)c1ccccc1. The number of hydrogen-bond donors (Lipinski definition) is 0. The van der Waals surface area contributed by atoms with E-state index in [1.165, 1.54) is 4.90 Å². The lowest BCUT2D eigenvalue weighted by molar-refractivity contribution is -0.137. The molecule has 0 radical (unpaired) electrons. The molecule has 4 nitrogen and oxygen atoms in total. The normalized spacial score (nSPS) is 11.8. The molecule has 0 aliphatic rings. The molecule has 3 aromatic rings. The average Bonchev–Trinajstić information content (AvgIpc) is 3.01. The van der Waals surface area contributed by atoms with Gasteiger partial charge in [-0.15, -0.1) is 0 Å². The fourth-order valence-corrected chi connectivity index (χ4v) is 3.21. The molecule has 3 rings (SSSR count). The second-order valence-electron chi connectivity index (χ2n) is 5.91. The summed E-state index contributed by atoms with van der Waals surface area (Å²) in [5, 5.41) is -0.152. The van der Waals surface area contributed by atoms with Crippen LogP contribution < -0.4 is 4.90 Å². The summed E-state index contributed by atoms with van der Waals surface area (Å²) in [6.45, 7) is 3.94. The molecular weight excluding hydrogens is 379 g/mol. The van der Waals surface area contributed by atoms with E-state index in [1.54, 1.807) is 38.1 Å². The number of pyridine rings is 1. The van der Waals surface area contributed by atoms with E-state index in [1.807, 2.05) is 6.07 Å². The van der Waals surface area contributed by atoms with Crippen LogP contribution in [0.25, 0.3) is 5.65 Å². The summed E-state index contributed by atoms with van der Waals surface area (Å²) in [6.07, 6.45) is -3.33. The van der Waals surface area contributed by atoms with Crippen LogP contribution in [0.1, 0.15) is 35.6 Å². The summed E-state index contributed by atoms with van der Waals surface area (Å²) in [5.74, 6) is -0.427. The summed E-state index contributed by atoms with van der Waals surface area (Å²) < 4.78 is 40.8. The number of carbonyl (C=O) groups excluding carboxylic acids is 1. The van der Waals surface area contributed by atoms with Gasteiger partial charge in [0.25, 0.3) is 5.91 Å². The van der Waals surface area contributed by atoms with Crippen molar-refractivity contribution in [3.8, 4) is 0 Å². The van der Waals surface area contributed by atoms with Crippen LogP contribution in [0.3, 0.4) is 0 Å². The second kappa shape index (κ2) is 7.23. The van der Waals surface area contributed by atoms with E-state index >= 15 is 0 Å². The van der Waals surface area contributed by atoms with Gasteiger partial charge in [-0.2, -0.15) is 13.2 Å². The molecule has 0 aliphatic heterocycles. The Hall–Kier alpha value is -2.54. The van der Waals surface area contributed by atoms with Gasteiger partial charge in [0.1, 0.15) is 5.69 Å². The first-order valence-electron chi connectivity index (χ1n) is 8.42. The third-order valence-electron chi connectivity index (χ3n) is 4.24. The number of alkyl halides is 3. The van der Waals surface area contributed by atoms with Crippen molar-refractivity contribution in [1.29, 1.82) is 0 Å². The molecule has 1 aromatic carbocycles. The van der Waals surface area contributed by atoms with Gasteiger partial charge in [0.05, 0.1) is 16.3 Å². The van der Waals surface area contributed by atoms with Crippen LogP contribution in [-0.4, -0.2) is 21.8 Å². The number of imidazole rings is 1. The van der Waals surface area contributed by atoms with Crippen LogP contribution in [0.5, 0.6) is 0 Å². The fourth-order valence-electron chi connectivity index (χ4n) is 2.96. The minimum Gasteiger partial charge on any atom is -0.307 e. The van der Waals surface area contributed by atoms with E-state index in [0.717, 1.165) is 16.7 Å². The van der Waals surface area contributed by atoms with Crippen molar-refractivity contribution < 1.29 is 18.0 Å². The Morgan fingerprint density at radius 3 is 2.44 bits per heavy atom. The fraction of sp³-hybridized carbons (Fsp3) is 0.263. The van der Waals surface area contributed by atoms with Gasteiger partial charge in [0.15, 0.2) is 5.65 Å². The molecule has 0 saturated heterocycles. The molecule has 1 amide bonds. The van der Waals surface area contributed by atoms with E-state index in [0.29, 0.717) is 24.3 Å². The van der Waals surface area contributed by atoms with Crippen molar-refractivity contribution in [2.24, 2.45) is 0 Å². The largest absolute Gasteiger partial charge is 0.417 e. The molecule has 0 fully saturated rings. The highest BCUT2D eigenvalue weighted by molar-refractivity contribution is 6.33. The van der Waals surface area contributed by atoms with Crippen LogP contribution in [-0.2, 0) is 12.6 Å². The zero-order valence-electron chi connectivity index (χ0n) is 14.7. The maximum atomic E-state index is 13.2. The number of aromatic nitrogens is 2. The Labute approximate surface area is 159 Å². The molecule has 0 saturated carbocycles. The van der Waals surface area contributed by atoms with Crippen molar-refractivity contribution in [1.82, 2.24) is 9.38 Å². The molecule has 2 heterocycles. The number of rotatable bonds is 4. The first-order chi connectivity index (χ1) is 12.8. The third-order valence-corrected chi connectivity index (χ3v) is 4.52. The summed E-state index contributed by atoms with van der Waals surface area (Å²) in [5.41, 5.74) is 0.340. The number of halogens is 4. The minimum atomic E-state index is -4.58. The van der Waals surface area contributed by atoms with Crippen LogP contribution in [0.4, 0.5) is 18.9 Å². The lowest BCUT2D eigenvalue weighted by Crippen LogP contribution is -2.32. The second-order valence-corrected chi connectivity index (χ2v) is 6.32. The predicted octanol–water partition coefficient (Wildman–Crippen LogP) is 5.24. The smallest absolute Gasteiger partial charge is 0.307 e. The van der Waals surface area contributed by atoms with Gasteiger partial charge in [-0.05, 0) is 31.5 Å². The first-order valence-corrected chi connectivity index (χ1v) is 8.80. The molecule has 2 aromatic heterocycles. The topological polar surface area (TPSA) is 37.6 Å². The molecule has 142 valence electrons. The lowest BCUT2D eigenvalue weighted by Gasteiger charge is -2.21. The summed E-state index contributed by atoms with van der Waals surface area (Å²) in [7, 11) is 0. The predicted molar refractivity (Wildman–Crippen MR) is 98.4 cm³/mol. The van der Waals surface area contributed by atoms with Gasteiger partial charge in [0.2, 0.25) is 0 Å². The Morgan fingerprint density at radius 1 is 1.22 bits per heavy atom. The van der Waals surface area contributed by atoms with Crippen molar-refractivity contribution in [3.05, 3.63) is 64.6 Å². The molecule has 0 spiro atoms. The monoisotopic (exact) mass is 395 g/mol. The Morgan fingerprint density at radius 2 is 1.89 bits per heavy atom. The van der Waals surface area contributed by atoms with Crippen molar-refractivity contribution >= 4 is 28.8 Å². The number of aryl methyl sites for hydroxylation is 1. The number of fused-ring (bicyclic) bond motifs is 1. The zero-order valence-corrected chi connectivity index (χ0v) is 15.5. The highest BCUT2D eigenvalue weighted by Crippen LogP contribution is 2.33. The highest BCUT2D eigenvalue weighted by Gasteiger charge is 2.33. The Bertz CT molecular complexity index is 983. The summed E-state index contributed by atoms with van der Waals surface area (Å²) >= 11 is 6.04. The van der Waals surface area contributed by atoms with Gasteiger partial charge in [0, 0.05) is 18.4 Å². The van der Waals surface area contributed by atoms with Crippen LogP contribution in [0, 0.1) is 0 Å². The molecule has 27 heavy (non-hydrogen) atoms. The van der Waals surface area contributed by atoms with E-state index < -0.39 is 17.6 Å². The molecule has 0 bridgehead atoms. The van der Waals surface area contributed by atoms with Gasteiger partial charge >= 0.3 is 6.18 Å². The molecule has 0 unspecified atom stereocenters. The lowest BCUT2D eigenvalue weighted by atomic mass is 10.2. The maximum absolute atomic E-state index is 13.2. The van der Waals surface area contributed by atoms with E-state index in [4.69, 9.17) is 11.6 Å². The molecular formula is C19H17ClF3N3O. The number of hydrogen-bond acceptors (Lipinski definition) is 2. The van der Waals surface area contributed by atoms with E-state index in [-0.39, 0.29) is 16.4 Å². The Kier molecular flexibility index (Phi) is 5.15. The molecule has 0 N–H and O–H groups in total. The zero-order chi connectivity index (χ0) is 19.8. The summed E-state index contributed by atoms with van der Waals surface area (Å²) in [4.78, 5) is 19.0. The van der Waals surface area contributed by atoms with Gasteiger partial charge < -0.3 is 4.90 Å². The number of amides is 1. The molecule has 0 atom stereocenters. The quantitative estimate of drug-likeness (QED) is 0.606. The van der Waals surface area contributed by atoms with Crippen LogP contribution >= 0.6 is 11.6 Å². The van der Waals surface area contributed by atoms with Gasteiger partial charge in [-0.1, -0.05) is 36.7 Å². The third kappa shape index (κ3) is 3.51. The van der Waals surface area contributed by atoms with Crippen LogP contribution in [0.15, 0.2) is 42.6 Å². The Balaban J connectivity index is 2.22. The number of nitrogens with zero attached hydrogens (tertiary/aromatic N) is 3. The van der Waals surface area contributed by atoms with Crippen molar-refractivity contribution in [2.75, 3.05) is 11.4 Å². The standard InChI is InChI=1S/C19H17ClF3N3O/c1-3-15-16(18(27)25(4-2)13-8-6-5-7-9-13)26-11-12(19(21,22)23)10-14(20)17(26)24-15/h5-11H,3-4H2,1-2H3. The van der Waals surface area contributed by atoms with Crippen molar-refractivity contribution in [3.63, 3.8) is 0 Å². The number of carbonyl (C=O) groups is 1. The maximum Gasteiger partial charge on any atom is 0.417 e. The first kappa shape index (κ1) is 19.2. The van der Waals surface area contributed by atoms with Gasteiger partial charge in [-0.3, -0.25) is 9.20 Å². The van der Waals surface area contributed by atoms with E-state index in [9.17, 15) is 18.0 Å². The average molecular weight is 396 g/mol. The molecule has 0 aliphatic carbocycles. The molecule has 8 heteroatoms. The van der Waals surface area contributed by atoms with Crippen LogP contribution in [0.2, 0.25) is 5.02 Å². The summed E-state index contributed by atoms with van der Waals surface area (Å²) in [6, 6.07) is 9.77. The number of anilines is 1. The van der Waals surface area contributed by atoms with Gasteiger partial charge in [-0.25, -0.2) is 4.98 Å².